The standard InChI is InChI=1S/C20H26Cl2F2N2O2/c1-13-10-28-11-17-20(13,3)26(7-6-25(17)12-19(2,23)24)18(27)9-14-4-5-15(21)16(22)8-14/h4-5,8,13,17H,6-7,9-12H2,1-3H3. The maximum atomic E-state index is 13.7. The van der Waals surface area contributed by atoms with Crippen molar-refractivity contribution in [3.63, 3.8) is 0 Å². The fourth-order valence-electron chi connectivity index (χ4n) is 4.43. The first-order chi connectivity index (χ1) is 13.0. The summed E-state index contributed by atoms with van der Waals surface area (Å²) in [5.74, 6) is -2.81. The van der Waals surface area contributed by atoms with Gasteiger partial charge >= 0.3 is 0 Å². The summed E-state index contributed by atoms with van der Waals surface area (Å²) in [4.78, 5) is 16.8. The first-order valence-corrected chi connectivity index (χ1v) is 10.2. The average Bonchev–Trinajstić information content (AvgIpc) is 2.58. The molecule has 1 aromatic rings. The summed E-state index contributed by atoms with van der Waals surface area (Å²) in [6.45, 7) is 6.25. The zero-order valence-electron chi connectivity index (χ0n) is 16.4. The molecule has 0 N–H and O–H groups in total. The third-order valence-corrected chi connectivity index (χ3v) is 6.81. The van der Waals surface area contributed by atoms with E-state index in [4.69, 9.17) is 27.9 Å². The van der Waals surface area contributed by atoms with Gasteiger partial charge in [0.2, 0.25) is 5.91 Å². The summed E-state index contributed by atoms with van der Waals surface area (Å²) in [6, 6.07) is 4.89. The van der Waals surface area contributed by atoms with Gasteiger partial charge in [-0.25, -0.2) is 8.78 Å². The number of carbonyl (C=O) groups excluding carboxylic acids is 1. The van der Waals surface area contributed by atoms with Crippen LogP contribution in [0.4, 0.5) is 8.78 Å². The van der Waals surface area contributed by atoms with Crippen molar-refractivity contribution in [2.24, 2.45) is 5.92 Å². The van der Waals surface area contributed by atoms with E-state index in [0.717, 1.165) is 12.5 Å². The minimum Gasteiger partial charge on any atom is -0.379 e. The van der Waals surface area contributed by atoms with Gasteiger partial charge in [0.25, 0.3) is 5.92 Å². The Morgan fingerprint density at radius 3 is 2.64 bits per heavy atom. The van der Waals surface area contributed by atoms with Gasteiger partial charge in [-0.2, -0.15) is 0 Å². The second kappa shape index (κ2) is 8.05. The lowest BCUT2D eigenvalue weighted by Crippen LogP contribution is -2.74. The molecule has 3 rings (SSSR count). The van der Waals surface area contributed by atoms with Crippen molar-refractivity contribution in [3.05, 3.63) is 33.8 Å². The molecular formula is C20H26Cl2F2N2O2. The summed E-state index contributed by atoms with van der Waals surface area (Å²) in [5, 5.41) is 0.850. The van der Waals surface area contributed by atoms with Gasteiger partial charge < -0.3 is 9.64 Å². The zero-order valence-corrected chi connectivity index (χ0v) is 17.9. The lowest BCUT2D eigenvalue weighted by molar-refractivity contribution is -0.178. The largest absolute Gasteiger partial charge is 0.379 e. The van der Waals surface area contributed by atoms with Gasteiger partial charge in [-0.1, -0.05) is 36.2 Å². The van der Waals surface area contributed by atoms with Gasteiger partial charge in [0.15, 0.2) is 0 Å². The van der Waals surface area contributed by atoms with Crippen LogP contribution in [0.25, 0.3) is 0 Å². The molecule has 1 aromatic carbocycles. The normalized spacial score (nSPS) is 28.9. The molecule has 3 unspecified atom stereocenters. The molecule has 0 aliphatic carbocycles. The van der Waals surface area contributed by atoms with Crippen LogP contribution in [0.15, 0.2) is 18.2 Å². The van der Waals surface area contributed by atoms with Crippen LogP contribution in [0, 0.1) is 5.92 Å². The smallest absolute Gasteiger partial charge is 0.257 e. The number of piperazine rings is 1. The van der Waals surface area contributed by atoms with Crippen LogP contribution in [0.3, 0.4) is 0 Å². The van der Waals surface area contributed by atoms with Crippen molar-refractivity contribution in [3.8, 4) is 0 Å². The molecule has 0 spiro atoms. The van der Waals surface area contributed by atoms with Gasteiger partial charge in [0.05, 0.1) is 47.8 Å². The van der Waals surface area contributed by atoms with Crippen molar-refractivity contribution >= 4 is 29.1 Å². The Bertz CT molecular complexity index is 743. The number of rotatable bonds is 4. The molecule has 3 atom stereocenters. The zero-order chi connectivity index (χ0) is 20.7. The highest BCUT2D eigenvalue weighted by atomic mass is 35.5. The Hall–Kier alpha value is -0.950. The maximum absolute atomic E-state index is 13.7. The Morgan fingerprint density at radius 1 is 1.29 bits per heavy atom. The SMILES string of the molecule is CC1COCC2N(CC(C)(F)F)CCN(C(=O)Cc3ccc(Cl)c(Cl)c3)C12C. The maximum Gasteiger partial charge on any atom is 0.257 e. The van der Waals surface area contributed by atoms with Crippen molar-refractivity contribution in [2.75, 3.05) is 32.8 Å². The minimum absolute atomic E-state index is 0.0253. The number of benzene rings is 1. The van der Waals surface area contributed by atoms with E-state index < -0.39 is 11.5 Å². The second-order valence-electron chi connectivity index (χ2n) is 8.19. The molecule has 1 amide bonds. The van der Waals surface area contributed by atoms with Crippen molar-refractivity contribution in [1.29, 1.82) is 0 Å². The predicted molar refractivity (Wildman–Crippen MR) is 106 cm³/mol. The first-order valence-electron chi connectivity index (χ1n) is 9.46. The Labute approximate surface area is 174 Å². The van der Waals surface area contributed by atoms with Gasteiger partial charge in [0.1, 0.15) is 0 Å². The number of fused-ring (bicyclic) bond motifs is 1. The van der Waals surface area contributed by atoms with E-state index in [9.17, 15) is 13.6 Å². The van der Waals surface area contributed by atoms with Gasteiger partial charge in [-0.05, 0) is 24.6 Å². The predicted octanol–water partition coefficient (Wildman–Crippen LogP) is 4.13. The number of hydrogen-bond acceptors (Lipinski definition) is 3. The lowest BCUT2D eigenvalue weighted by atomic mass is 9.75. The molecule has 2 aliphatic rings. The van der Waals surface area contributed by atoms with Crippen molar-refractivity contribution in [1.82, 2.24) is 9.80 Å². The Balaban J connectivity index is 1.84. The van der Waals surface area contributed by atoms with E-state index in [2.05, 4.69) is 0 Å². The molecule has 0 bridgehead atoms. The number of amides is 1. The highest BCUT2D eigenvalue weighted by Gasteiger charge is 2.54. The summed E-state index contributed by atoms with van der Waals surface area (Å²) in [7, 11) is 0. The molecule has 2 aliphatic heterocycles. The van der Waals surface area contributed by atoms with Gasteiger partial charge in [-0.3, -0.25) is 9.69 Å². The van der Waals surface area contributed by atoms with Crippen molar-refractivity contribution in [2.45, 2.75) is 44.7 Å². The topological polar surface area (TPSA) is 32.8 Å². The van der Waals surface area contributed by atoms with E-state index >= 15 is 0 Å². The number of hydrogen-bond donors (Lipinski definition) is 0. The summed E-state index contributed by atoms with van der Waals surface area (Å²) in [6.07, 6.45) is 0.191. The van der Waals surface area contributed by atoms with E-state index in [0.29, 0.717) is 36.3 Å². The average molecular weight is 435 g/mol. The molecule has 0 saturated carbocycles. The summed E-state index contributed by atoms with van der Waals surface area (Å²) in [5.41, 5.74) is 0.205. The van der Waals surface area contributed by atoms with Crippen LogP contribution in [0.5, 0.6) is 0 Å². The number of carbonyl (C=O) groups is 1. The first kappa shape index (κ1) is 21.8. The van der Waals surface area contributed by atoms with Crippen LogP contribution in [-0.2, 0) is 16.0 Å². The van der Waals surface area contributed by atoms with E-state index in [-0.39, 0.29) is 30.8 Å². The lowest BCUT2D eigenvalue weighted by Gasteiger charge is -2.59. The van der Waals surface area contributed by atoms with E-state index in [1.807, 2.05) is 18.7 Å². The molecule has 28 heavy (non-hydrogen) atoms. The number of nitrogens with zero attached hydrogens (tertiary/aromatic N) is 2. The highest BCUT2D eigenvalue weighted by Crippen LogP contribution is 2.39. The van der Waals surface area contributed by atoms with Crippen molar-refractivity contribution < 1.29 is 18.3 Å². The van der Waals surface area contributed by atoms with E-state index in [1.54, 1.807) is 23.1 Å². The third-order valence-electron chi connectivity index (χ3n) is 6.07. The Kier molecular flexibility index (Phi) is 6.26. The Morgan fingerprint density at radius 2 is 2.00 bits per heavy atom. The molecule has 0 radical (unpaired) electrons. The van der Waals surface area contributed by atoms with Gasteiger partial charge in [0, 0.05) is 25.9 Å². The fraction of sp³-hybridized carbons (Fsp3) is 0.650. The summed E-state index contributed by atoms with van der Waals surface area (Å²) < 4.78 is 33.1. The third kappa shape index (κ3) is 4.30. The van der Waals surface area contributed by atoms with Gasteiger partial charge in [-0.15, -0.1) is 0 Å². The van der Waals surface area contributed by atoms with Crippen LogP contribution in [-0.4, -0.2) is 66.1 Å². The molecule has 156 valence electrons. The second-order valence-corrected chi connectivity index (χ2v) is 9.01. The molecule has 2 fully saturated rings. The quantitative estimate of drug-likeness (QED) is 0.713. The molecule has 2 heterocycles. The number of ether oxygens (including phenoxy) is 1. The summed E-state index contributed by atoms with van der Waals surface area (Å²) >= 11 is 12.0. The molecule has 8 heteroatoms. The van der Waals surface area contributed by atoms with Crippen LogP contribution < -0.4 is 0 Å². The van der Waals surface area contributed by atoms with E-state index in [1.165, 1.54) is 0 Å². The molecule has 0 aromatic heterocycles. The molecule has 2 saturated heterocycles. The number of alkyl halides is 2. The van der Waals surface area contributed by atoms with Crippen LogP contribution >= 0.6 is 23.2 Å². The monoisotopic (exact) mass is 434 g/mol. The molecular weight excluding hydrogens is 409 g/mol. The number of halogens is 4. The fourth-order valence-corrected chi connectivity index (χ4v) is 4.75. The minimum atomic E-state index is -2.80. The molecule has 4 nitrogen and oxygen atoms in total. The van der Waals surface area contributed by atoms with Crippen LogP contribution in [0.2, 0.25) is 10.0 Å². The van der Waals surface area contributed by atoms with Crippen LogP contribution in [0.1, 0.15) is 26.3 Å². The highest BCUT2D eigenvalue weighted by molar-refractivity contribution is 6.42.